The molecule has 0 unspecified atom stereocenters. The van der Waals surface area contributed by atoms with Crippen LogP contribution < -0.4 is 5.32 Å². The number of hydrogen-bond donors (Lipinski definition) is 1. The van der Waals surface area contributed by atoms with Crippen molar-refractivity contribution in [2.24, 2.45) is 0 Å². The Morgan fingerprint density at radius 3 is 2.81 bits per heavy atom. The Labute approximate surface area is 160 Å². The Balaban J connectivity index is 1.64. The van der Waals surface area contributed by atoms with Crippen molar-refractivity contribution >= 4 is 23.3 Å². The Bertz CT molecular complexity index is 740. The van der Waals surface area contributed by atoms with Gasteiger partial charge < -0.3 is 10.2 Å². The summed E-state index contributed by atoms with van der Waals surface area (Å²) in [6, 6.07) is 14.4. The minimum atomic E-state index is -0.124. The zero-order valence-corrected chi connectivity index (χ0v) is 16.0. The fourth-order valence-electron chi connectivity index (χ4n) is 3.55. The molecule has 0 spiro atoms. The molecule has 0 bridgehead atoms. The molecule has 1 aliphatic rings. The molecule has 2 atom stereocenters. The number of likely N-dealkylation sites (N-methyl/N-ethyl adjacent to an activating group) is 1. The van der Waals surface area contributed by atoms with Crippen molar-refractivity contribution in [2.45, 2.75) is 32.4 Å². The van der Waals surface area contributed by atoms with Gasteiger partial charge in [0.2, 0.25) is 0 Å². The molecule has 0 saturated carbocycles. The molecule has 1 aromatic heterocycles. The minimum Gasteiger partial charge on any atom is -0.320 e. The summed E-state index contributed by atoms with van der Waals surface area (Å²) in [5, 5.41) is 3.20. The van der Waals surface area contributed by atoms with Gasteiger partial charge in [0.15, 0.2) is 5.15 Å². The minimum absolute atomic E-state index is 0.124. The normalized spacial score (nSPS) is 18.5. The van der Waals surface area contributed by atoms with Gasteiger partial charge in [-0.3, -0.25) is 4.90 Å². The van der Waals surface area contributed by atoms with Crippen LogP contribution >= 0.6 is 11.6 Å². The van der Waals surface area contributed by atoms with Crippen LogP contribution in [0.5, 0.6) is 0 Å². The molecule has 1 aliphatic heterocycles. The summed E-state index contributed by atoms with van der Waals surface area (Å²) in [4.78, 5) is 21.1. The van der Waals surface area contributed by atoms with Crippen molar-refractivity contribution in [3.63, 3.8) is 0 Å². The molecule has 1 fully saturated rings. The summed E-state index contributed by atoms with van der Waals surface area (Å²) < 4.78 is 0. The van der Waals surface area contributed by atoms with E-state index >= 15 is 0 Å². The molecular weight excluding hydrogens is 348 g/mol. The number of urea groups is 1. The van der Waals surface area contributed by atoms with E-state index in [-0.39, 0.29) is 12.1 Å². The molecule has 26 heavy (non-hydrogen) atoms. The summed E-state index contributed by atoms with van der Waals surface area (Å²) in [6.45, 7) is 6.75. The summed E-state index contributed by atoms with van der Waals surface area (Å²) in [5.41, 5.74) is 1.85. The van der Waals surface area contributed by atoms with Gasteiger partial charge in [0, 0.05) is 37.9 Å². The number of pyridine rings is 1. The van der Waals surface area contributed by atoms with Crippen molar-refractivity contribution in [3.05, 3.63) is 59.4 Å². The summed E-state index contributed by atoms with van der Waals surface area (Å²) in [6.07, 6.45) is 2.58. The van der Waals surface area contributed by atoms with Crippen LogP contribution in [0.15, 0.2) is 48.7 Å². The molecule has 0 aliphatic carbocycles. The zero-order chi connectivity index (χ0) is 18.5. The van der Waals surface area contributed by atoms with Crippen LogP contribution in [0, 0.1) is 0 Å². The van der Waals surface area contributed by atoms with E-state index in [9.17, 15) is 4.79 Å². The lowest BCUT2D eigenvalue weighted by atomic mass is 10.1. The molecule has 1 N–H and O–H groups in total. The maximum atomic E-state index is 12.7. The zero-order valence-electron chi connectivity index (χ0n) is 15.2. The number of nitrogens with zero attached hydrogens (tertiary/aromatic N) is 3. The van der Waals surface area contributed by atoms with E-state index in [2.05, 4.69) is 46.4 Å². The fourth-order valence-corrected chi connectivity index (χ4v) is 3.72. The lowest BCUT2D eigenvalue weighted by molar-refractivity contribution is 0.184. The number of carbonyl (C=O) groups is 1. The highest BCUT2D eigenvalue weighted by molar-refractivity contribution is 6.32. The molecule has 2 aromatic rings. The molecule has 138 valence electrons. The topological polar surface area (TPSA) is 48.5 Å². The number of likely N-dealkylation sites (tertiary alicyclic amines) is 1. The Hall–Kier alpha value is -2.11. The third-order valence-corrected chi connectivity index (χ3v) is 5.37. The third-order valence-electron chi connectivity index (χ3n) is 5.07. The van der Waals surface area contributed by atoms with E-state index in [0.29, 0.717) is 23.4 Å². The largest absolute Gasteiger partial charge is 0.322 e. The average Bonchev–Trinajstić information content (AvgIpc) is 3.14. The smallest absolute Gasteiger partial charge is 0.320 e. The number of nitrogens with one attached hydrogen (secondary N) is 1. The Morgan fingerprint density at radius 2 is 2.12 bits per heavy atom. The van der Waals surface area contributed by atoms with Gasteiger partial charge in [0.05, 0.1) is 5.69 Å². The Morgan fingerprint density at radius 1 is 1.35 bits per heavy atom. The first-order valence-corrected chi connectivity index (χ1v) is 9.45. The lowest BCUT2D eigenvalue weighted by Crippen LogP contribution is -2.44. The van der Waals surface area contributed by atoms with E-state index in [1.165, 1.54) is 5.56 Å². The number of rotatable bonds is 5. The molecule has 2 amide bonds. The average molecular weight is 373 g/mol. The van der Waals surface area contributed by atoms with Gasteiger partial charge in [-0.25, -0.2) is 9.78 Å². The van der Waals surface area contributed by atoms with Crippen molar-refractivity contribution in [1.29, 1.82) is 0 Å². The number of anilines is 1. The molecule has 3 rings (SSSR count). The fraction of sp³-hybridized carbons (Fsp3) is 0.400. The summed E-state index contributed by atoms with van der Waals surface area (Å²) in [5.74, 6) is 0. The van der Waals surface area contributed by atoms with E-state index in [0.717, 1.165) is 19.5 Å². The van der Waals surface area contributed by atoms with Crippen LogP contribution in [0.3, 0.4) is 0 Å². The van der Waals surface area contributed by atoms with Gasteiger partial charge in [-0.1, -0.05) is 41.9 Å². The first-order chi connectivity index (χ1) is 12.6. The molecule has 6 heteroatoms. The molecule has 0 radical (unpaired) electrons. The summed E-state index contributed by atoms with van der Waals surface area (Å²) >= 11 is 6.06. The van der Waals surface area contributed by atoms with Crippen molar-refractivity contribution in [2.75, 3.05) is 25.0 Å². The van der Waals surface area contributed by atoms with Crippen LogP contribution in [0.2, 0.25) is 5.15 Å². The first-order valence-electron chi connectivity index (χ1n) is 9.07. The molecular formula is C20H25ClN4O. The SMILES string of the molecule is CCN(C(=O)Nc1cccnc1Cl)[C@@H]1CCN([C@@H](C)c2ccccc2)C1. The molecule has 1 aromatic carbocycles. The maximum Gasteiger partial charge on any atom is 0.322 e. The van der Waals surface area contributed by atoms with Gasteiger partial charge in [-0.2, -0.15) is 0 Å². The predicted octanol–water partition coefficient (Wildman–Crippen LogP) is 4.42. The van der Waals surface area contributed by atoms with Gasteiger partial charge in [-0.15, -0.1) is 0 Å². The maximum absolute atomic E-state index is 12.7. The van der Waals surface area contributed by atoms with Crippen LogP contribution in [-0.4, -0.2) is 46.5 Å². The van der Waals surface area contributed by atoms with Crippen LogP contribution in [-0.2, 0) is 0 Å². The first kappa shape index (κ1) is 18.7. The predicted molar refractivity (Wildman–Crippen MR) is 105 cm³/mol. The number of hydrogen-bond acceptors (Lipinski definition) is 3. The van der Waals surface area contributed by atoms with Gasteiger partial charge >= 0.3 is 6.03 Å². The quantitative estimate of drug-likeness (QED) is 0.790. The van der Waals surface area contributed by atoms with Gasteiger partial charge in [0.1, 0.15) is 0 Å². The van der Waals surface area contributed by atoms with E-state index in [1.807, 2.05) is 17.9 Å². The summed E-state index contributed by atoms with van der Waals surface area (Å²) in [7, 11) is 0. The van der Waals surface area contributed by atoms with E-state index in [1.54, 1.807) is 18.3 Å². The molecule has 5 nitrogen and oxygen atoms in total. The number of amides is 2. The second-order valence-corrected chi connectivity index (χ2v) is 6.94. The standard InChI is InChI=1S/C20H25ClN4O/c1-3-25(20(26)23-18-10-7-12-22-19(18)21)17-11-13-24(14-17)15(2)16-8-5-4-6-9-16/h4-10,12,15,17H,3,11,13-14H2,1-2H3,(H,23,26)/t15-,17+/m0/s1. The van der Waals surface area contributed by atoms with E-state index in [4.69, 9.17) is 11.6 Å². The van der Waals surface area contributed by atoms with Crippen molar-refractivity contribution in [3.8, 4) is 0 Å². The highest BCUT2D eigenvalue weighted by atomic mass is 35.5. The van der Waals surface area contributed by atoms with E-state index < -0.39 is 0 Å². The Kier molecular flexibility index (Phi) is 6.12. The highest BCUT2D eigenvalue weighted by Gasteiger charge is 2.32. The van der Waals surface area contributed by atoms with Crippen LogP contribution in [0.25, 0.3) is 0 Å². The lowest BCUT2D eigenvalue weighted by Gasteiger charge is -2.30. The second kappa shape index (κ2) is 8.52. The van der Waals surface area contributed by atoms with Crippen molar-refractivity contribution < 1.29 is 4.79 Å². The molecule has 1 saturated heterocycles. The van der Waals surface area contributed by atoms with Crippen molar-refractivity contribution in [1.82, 2.24) is 14.8 Å². The highest BCUT2D eigenvalue weighted by Crippen LogP contribution is 2.27. The molecule has 2 heterocycles. The van der Waals surface area contributed by atoms with Gasteiger partial charge in [-0.05, 0) is 38.0 Å². The monoisotopic (exact) mass is 372 g/mol. The van der Waals surface area contributed by atoms with Crippen LogP contribution in [0.4, 0.5) is 10.5 Å². The number of carbonyl (C=O) groups excluding carboxylic acids is 1. The third kappa shape index (κ3) is 4.17. The number of aromatic nitrogens is 1. The second-order valence-electron chi connectivity index (χ2n) is 6.58. The number of benzene rings is 1. The van der Waals surface area contributed by atoms with Gasteiger partial charge in [0.25, 0.3) is 0 Å². The van der Waals surface area contributed by atoms with Crippen LogP contribution in [0.1, 0.15) is 31.9 Å². The number of halogens is 1.